The van der Waals surface area contributed by atoms with E-state index < -0.39 is 0 Å². The summed E-state index contributed by atoms with van der Waals surface area (Å²) in [5.74, 6) is 0. The van der Waals surface area contributed by atoms with Crippen molar-refractivity contribution in [3.05, 3.63) is 29.8 Å². The zero-order valence-corrected chi connectivity index (χ0v) is 13.1. The Labute approximate surface area is 126 Å². The zero-order chi connectivity index (χ0) is 15.3. The van der Waals surface area contributed by atoms with Crippen LogP contribution in [0.3, 0.4) is 0 Å². The van der Waals surface area contributed by atoms with E-state index in [4.69, 9.17) is 4.74 Å². The van der Waals surface area contributed by atoms with Gasteiger partial charge in [0.25, 0.3) is 0 Å². The highest BCUT2D eigenvalue weighted by atomic mass is 16.5. The summed E-state index contributed by atoms with van der Waals surface area (Å²) in [6.45, 7) is 10.2. The van der Waals surface area contributed by atoms with Crippen molar-refractivity contribution in [3.63, 3.8) is 0 Å². The van der Waals surface area contributed by atoms with Crippen molar-refractivity contribution >= 4 is 11.7 Å². The number of aryl methyl sites for hydroxylation is 1. The number of urea groups is 1. The molecule has 2 amide bonds. The number of carbonyl (C=O) groups is 1. The normalized spacial score (nSPS) is 16.5. The van der Waals surface area contributed by atoms with Gasteiger partial charge >= 0.3 is 6.03 Å². The van der Waals surface area contributed by atoms with E-state index in [-0.39, 0.29) is 11.6 Å². The van der Waals surface area contributed by atoms with Crippen LogP contribution < -0.4 is 10.6 Å². The van der Waals surface area contributed by atoms with Crippen molar-refractivity contribution in [3.8, 4) is 0 Å². The molecule has 0 bridgehead atoms. The van der Waals surface area contributed by atoms with Gasteiger partial charge in [0.05, 0.1) is 13.2 Å². The van der Waals surface area contributed by atoms with Gasteiger partial charge in [0.2, 0.25) is 0 Å². The summed E-state index contributed by atoms with van der Waals surface area (Å²) in [6, 6.07) is 7.61. The second kappa shape index (κ2) is 6.91. The smallest absolute Gasteiger partial charge is 0.319 e. The Morgan fingerprint density at radius 1 is 1.33 bits per heavy atom. The number of carbonyl (C=O) groups excluding carboxylic acids is 1. The monoisotopic (exact) mass is 291 g/mol. The number of amides is 2. The van der Waals surface area contributed by atoms with Crippen molar-refractivity contribution in [2.75, 3.05) is 38.2 Å². The van der Waals surface area contributed by atoms with Gasteiger partial charge < -0.3 is 15.4 Å². The van der Waals surface area contributed by atoms with Gasteiger partial charge in [0, 0.05) is 30.9 Å². The average molecular weight is 291 g/mol. The molecule has 0 aromatic heterocycles. The molecule has 0 radical (unpaired) electrons. The fourth-order valence-corrected chi connectivity index (χ4v) is 2.48. The molecule has 0 aliphatic carbocycles. The molecule has 0 saturated carbocycles. The summed E-state index contributed by atoms with van der Waals surface area (Å²) in [5, 5.41) is 5.82. The first kappa shape index (κ1) is 15.8. The molecule has 1 heterocycles. The Bertz CT molecular complexity index is 482. The number of anilines is 1. The van der Waals surface area contributed by atoms with Gasteiger partial charge in [-0.2, -0.15) is 0 Å². The van der Waals surface area contributed by atoms with E-state index in [1.807, 2.05) is 31.2 Å². The van der Waals surface area contributed by atoms with Crippen LogP contribution in [0.4, 0.5) is 10.5 Å². The van der Waals surface area contributed by atoms with Gasteiger partial charge in [-0.1, -0.05) is 12.1 Å². The summed E-state index contributed by atoms with van der Waals surface area (Å²) in [6.07, 6.45) is 0. The molecule has 1 aromatic carbocycles. The zero-order valence-electron chi connectivity index (χ0n) is 13.1. The number of morpholine rings is 1. The lowest BCUT2D eigenvalue weighted by molar-refractivity contribution is -0.00863. The number of ether oxygens (including phenoxy) is 1. The summed E-state index contributed by atoms with van der Waals surface area (Å²) in [5.41, 5.74) is 1.87. The fourth-order valence-electron chi connectivity index (χ4n) is 2.48. The molecule has 0 atom stereocenters. The minimum atomic E-state index is -0.165. The van der Waals surface area contributed by atoms with Crippen LogP contribution in [0, 0.1) is 6.92 Å². The van der Waals surface area contributed by atoms with Crippen LogP contribution >= 0.6 is 0 Å². The summed E-state index contributed by atoms with van der Waals surface area (Å²) >= 11 is 0. The Morgan fingerprint density at radius 3 is 2.71 bits per heavy atom. The largest absolute Gasteiger partial charge is 0.379 e. The fraction of sp³-hybridized carbons (Fsp3) is 0.562. The van der Waals surface area contributed by atoms with Crippen LogP contribution in [-0.2, 0) is 4.74 Å². The number of benzene rings is 1. The van der Waals surface area contributed by atoms with Gasteiger partial charge in [-0.25, -0.2) is 4.79 Å². The van der Waals surface area contributed by atoms with Crippen LogP contribution in [0.15, 0.2) is 24.3 Å². The van der Waals surface area contributed by atoms with Gasteiger partial charge in [-0.15, -0.1) is 0 Å². The summed E-state index contributed by atoms with van der Waals surface area (Å²) < 4.78 is 5.37. The molecular formula is C16H25N3O2. The molecule has 116 valence electrons. The number of nitrogens with one attached hydrogen (secondary N) is 2. The summed E-state index contributed by atoms with van der Waals surface area (Å²) in [7, 11) is 0. The first-order valence-corrected chi connectivity index (χ1v) is 7.42. The standard InChI is InChI=1S/C16H25N3O2/c1-13-5-4-6-14(11-13)18-15(20)17-12-16(2,3)19-7-9-21-10-8-19/h4-6,11H,7-10,12H2,1-3H3,(H2,17,18,20). The molecule has 0 unspecified atom stereocenters. The van der Waals surface area contributed by atoms with E-state index in [0.717, 1.165) is 37.6 Å². The molecule has 1 aliphatic rings. The van der Waals surface area contributed by atoms with E-state index in [2.05, 4.69) is 29.4 Å². The second-order valence-electron chi connectivity index (χ2n) is 6.09. The number of hydrogen-bond acceptors (Lipinski definition) is 3. The first-order valence-electron chi connectivity index (χ1n) is 7.42. The topological polar surface area (TPSA) is 53.6 Å². The number of rotatable bonds is 4. The second-order valence-corrected chi connectivity index (χ2v) is 6.09. The van der Waals surface area contributed by atoms with Crippen LogP contribution in [0.5, 0.6) is 0 Å². The molecule has 1 aliphatic heterocycles. The van der Waals surface area contributed by atoms with Gasteiger partial charge in [-0.05, 0) is 38.5 Å². The third-order valence-corrected chi connectivity index (χ3v) is 3.82. The Balaban J connectivity index is 1.82. The van der Waals surface area contributed by atoms with Crippen molar-refractivity contribution in [1.82, 2.24) is 10.2 Å². The SMILES string of the molecule is Cc1cccc(NC(=O)NCC(C)(C)N2CCOCC2)c1. The Hall–Kier alpha value is -1.59. The predicted octanol–water partition coefficient (Wildman–Crippen LogP) is 2.23. The molecular weight excluding hydrogens is 266 g/mol. The van der Waals surface area contributed by atoms with E-state index in [9.17, 15) is 4.79 Å². The van der Waals surface area contributed by atoms with Crippen LogP contribution in [-0.4, -0.2) is 49.3 Å². The highest BCUT2D eigenvalue weighted by Crippen LogP contribution is 2.15. The lowest BCUT2D eigenvalue weighted by Crippen LogP contribution is -2.55. The van der Waals surface area contributed by atoms with Gasteiger partial charge in [-0.3, -0.25) is 4.90 Å². The summed E-state index contributed by atoms with van der Waals surface area (Å²) in [4.78, 5) is 14.3. The lowest BCUT2D eigenvalue weighted by atomic mass is 10.0. The van der Waals surface area contributed by atoms with Crippen molar-refractivity contribution in [2.45, 2.75) is 26.3 Å². The molecule has 5 nitrogen and oxygen atoms in total. The van der Waals surface area contributed by atoms with E-state index >= 15 is 0 Å². The molecule has 2 N–H and O–H groups in total. The third-order valence-electron chi connectivity index (χ3n) is 3.82. The number of nitrogens with zero attached hydrogens (tertiary/aromatic N) is 1. The van der Waals surface area contributed by atoms with Crippen LogP contribution in [0.25, 0.3) is 0 Å². The average Bonchev–Trinajstić information content (AvgIpc) is 2.46. The predicted molar refractivity (Wildman–Crippen MR) is 84.7 cm³/mol. The van der Waals surface area contributed by atoms with Gasteiger partial charge in [0.15, 0.2) is 0 Å². The van der Waals surface area contributed by atoms with Gasteiger partial charge in [0.1, 0.15) is 0 Å². The van der Waals surface area contributed by atoms with E-state index in [1.54, 1.807) is 0 Å². The van der Waals surface area contributed by atoms with Crippen LogP contribution in [0.1, 0.15) is 19.4 Å². The Morgan fingerprint density at radius 2 is 2.05 bits per heavy atom. The Kier molecular flexibility index (Phi) is 5.20. The minimum Gasteiger partial charge on any atom is -0.379 e. The highest BCUT2D eigenvalue weighted by molar-refractivity contribution is 5.89. The highest BCUT2D eigenvalue weighted by Gasteiger charge is 2.28. The maximum atomic E-state index is 12.0. The maximum absolute atomic E-state index is 12.0. The van der Waals surface area contributed by atoms with E-state index in [1.165, 1.54) is 0 Å². The molecule has 21 heavy (non-hydrogen) atoms. The maximum Gasteiger partial charge on any atom is 0.319 e. The van der Waals surface area contributed by atoms with E-state index in [0.29, 0.717) is 6.54 Å². The first-order chi connectivity index (χ1) is 9.97. The third kappa shape index (κ3) is 4.72. The molecule has 5 heteroatoms. The van der Waals surface area contributed by atoms with Crippen molar-refractivity contribution in [2.24, 2.45) is 0 Å². The minimum absolute atomic E-state index is 0.0757. The molecule has 2 rings (SSSR count). The molecule has 1 aromatic rings. The molecule has 1 fully saturated rings. The molecule has 0 spiro atoms. The lowest BCUT2D eigenvalue weighted by Gasteiger charge is -2.40. The van der Waals surface area contributed by atoms with Crippen LogP contribution in [0.2, 0.25) is 0 Å². The number of hydrogen-bond donors (Lipinski definition) is 2. The van der Waals surface area contributed by atoms with Crippen molar-refractivity contribution < 1.29 is 9.53 Å². The quantitative estimate of drug-likeness (QED) is 0.894. The molecule has 1 saturated heterocycles. The van der Waals surface area contributed by atoms with Crippen molar-refractivity contribution in [1.29, 1.82) is 0 Å².